The Kier molecular flexibility index (Phi) is 4.77. The summed E-state index contributed by atoms with van der Waals surface area (Å²) in [6, 6.07) is 6.82. The maximum absolute atomic E-state index is 12.1. The fraction of sp³-hybridized carbons (Fsp3) is 0.500. The molecule has 1 N–H and O–H groups in total. The van der Waals surface area contributed by atoms with Gasteiger partial charge in [0.15, 0.2) is 0 Å². The molecule has 110 valence electrons. The second-order valence-electron chi connectivity index (χ2n) is 5.05. The van der Waals surface area contributed by atoms with Crippen LogP contribution in [0.3, 0.4) is 0 Å². The molecular formula is C14H20N2O3S. The number of likely N-dealkylation sites (tertiary alicyclic amines) is 1. The molecule has 2 rings (SSSR count). The van der Waals surface area contributed by atoms with E-state index in [9.17, 15) is 13.2 Å². The quantitative estimate of drug-likeness (QED) is 0.804. The Bertz CT molecular complexity index is 584. The monoisotopic (exact) mass is 296 g/mol. The number of aryl methyl sites for hydroxylation is 1. The first-order valence-electron chi connectivity index (χ1n) is 6.83. The lowest BCUT2D eigenvalue weighted by Gasteiger charge is -2.15. The van der Waals surface area contributed by atoms with Crippen molar-refractivity contribution in [3.8, 4) is 0 Å². The van der Waals surface area contributed by atoms with E-state index in [1.54, 1.807) is 23.1 Å². The van der Waals surface area contributed by atoms with E-state index in [1.165, 1.54) is 0 Å². The molecule has 6 heteroatoms. The molecule has 1 aromatic carbocycles. The molecule has 0 radical (unpaired) electrons. The molecule has 0 unspecified atom stereocenters. The number of rotatable bonds is 6. The summed E-state index contributed by atoms with van der Waals surface area (Å²) in [5, 5.41) is 0. The Morgan fingerprint density at radius 3 is 2.80 bits per heavy atom. The van der Waals surface area contributed by atoms with Gasteiger partial charge in [0.25, 0.3) is 0 Å². The molecule has 0 aromatic heterocycles. The van der Waals surface area contributed by atoms with Crippen LogP contribution < -0.4 is 4.72 Å². The van der Waals surface area contributed by atoms with Gasteiger partial charge in [-0.3, -0.25) is 4.79 Å². The minimum absolute atomic E-state index is 0.173. The SMILES string of the molecule is Cc1cccc(S(=O)(=O)NCCCN2CCCC2=O)c1. The molecule has 0 saturated carbocycles. The van der Waals surface area contributed by atoms with Crippen LogP contribution >= 0.6 is 0 Å². The van der Waals surface area contributed by atoms with Gasteiger partial charge < -0.3 is 4.90 Å². The minimum Gasteiger partial charge on any atom is -0.343 e. The van der Waals surface area contributed by atoms with Crippen molar-refractivity contribution in [2.75, 3.05) is 19.6 Å². The zero-order valence-corrected chi connectivity index (χ0v) is 12.4. The number of carbonyl (C=O) groups is 1. The Balaban J connectivity index is 1.82. The van der Waals surface area contributed by atoms with Crippen LogP contribution in [-0.2, 0) is 14.8 Å². The highest BCUT2D eigenvalue weighted by molar-refractivity contribution is 7.89. The molecule has 1 aliphatic heterocycles. The number of hydrogen-bond acceptors (Lipinski definition) is 3. The molecule has 1 saturated heterocycles. The summed E-state index contributed by atoms with van der Waals surface area (Å²) in [5.74, 6) is 0.173. The molecule has 20 heavy (non-hydrogen) atoms. The van der Waals surface area contributed by atoms with Gasteiger partial charge in [0.1, 0.15) is 0 Å². The van der Waals surface area contributed by atoms with Gasteiger partial charge in [-0.25, -0.2) is 13.1 Å². The third-order valence-electron chi connectivity index (χ3n) is 3.37. The van der Waals surface area contributed by atoms with Crippen LogP contribution in [0.25, 0.3) is 0 Å². The van der Waals surface area contributed by atoms with Crippen molar-refractivity contribution in [2.24, 2.45) is 0 Å². The van der Waals surface area contributed by atoms with Crippen LogP contribution in [0.2, 0.25) is 0 Å². The zero-order chi connectivity index (χ0) is 14.6. The molecule has 0 atom stereocenters. The van der Waals surface area contributed by atoms with Gasteiger partial charge in [-0.2, -0.15) is 0 Å². The number of nitrogens with one attached hydrogen (secondary N) is 1. The number of benzene rings is 1. The summed E-state index contributed by atoms with van der Waals surface area (Å²) in [6.07, 6.45) is 2.17. The van der Waals surface area contributed by atoms with E-state index in [1.807, 2.05) is 13.0 Å². The van der Waals surface area contributed by atoms with Crippen LogP contribution in [0.5, 0.6) is 0 Å². The molecule has 1 heterocycles. The first-order chi connectivity index (χ1) is 9.49. The molecule has 0 bridgehead atoms. The molecule has 1 fully saturated rings. The Morgan fingerprint density at radius 1 is 1.35 bits per heavy atom. The summed E-state index contributed by atoms with van der Waals surface area (Å²) >= 11 is 0. The van der Waals surface area contributed by atoms with Crippen molar-refractivity contribution >= 4 is 15.9 Å². The predicted molar refractivity (Wildman–Crippen MR) is 76.8 cm³/mol. The summed E-state index contributed by atoms with van der Waals surface area (Å²) in [4.78, 5) is 13.5. The summed E-state index contributed by atoms with van der Waals surface area (Å²) in [6.45, 7) is 3.62. The van der Waals surface area contributed by atoms with Gasteiger partial charge in [0.2, 0.25) is 15.9 Å². The lowest BCUT2D eigenvalue weighted by Crippen LogP contribution is -2.30. The van der Waals surface area contributed by atoms with Gasteiger partial charge in [-0.15, -0.1) is 0 Å². The zero-order valence-electron chi connectivity index (χ0n) is 11.6. The first-order valence-corrected chi connectivity index (χ1v) is 8.31. The van der Waals surface area contributed by atoms with Crippen molar-refractivity contribution < 1.29 is 13.2 Å². The van der Waals surface area contributed by atoms with Crippen molar-refractivity contribution in [3.63, 3.8) is 0 Å². The van der Waals surface area contributed by atoms with E-state index >= 15 is 0 Å². The second kappa shape index (κ2) is 6.37. The Morgan fingerprint density at radius 2 is 2.15 bits per heavy atom. The lowest BCUT2D eigenvalue weighted by molar-refractivity contribution is -0.127. The van der Waals surface area contributed by atoms with Crippen molar-refractivity contribution in [1.29, 1.82) is 0 Å². The average molecular weight is 296 g/mol. The summed E-state index contributed by atoms with van der Waals surface area (Å²) in [7, 11) is -3.45. The molecule has 1 aliphatic rings. The highest BCUT2D eigenvalue weighted by Gasteiger charge is 2.19. The molecular weight excluding hydrogens is 276 g/mol. The summed E-state index contributed by atoms with van der Waals surface area (Å²) in [5.41, 5.74) is 0.913. The van der Waals surface area contributed by atoms with Gasteiger partial charge >= 0.3 is 0 Å². The number of sulfonamides is 1. The molecule has 0 aliphatic carbocycles. The van der Waals surface area contributed by atoms with Crippen molar-refractivity contribution in [3.05, 3.63) is 29.8 Å². The van der Waals surface area contributed by atoms with Crippen LogP contribution in [-0.4, -0.2) is 38.9 Å². The lowest BCUT2D eigenvalue weighted by atomic mass is 10.2. The average Bonchev–Trinajstić information content (AvgIpc) is 2.80. The van der Waals surface area contributed by atoms with Gasteiger partial charge in [0, 0.05) is 26.1 Å². The second-order valence-corrected chi connectivity index (χ2v) is 6.82. The van der Waals surface area contributed by atoms with Gasteiger partial charge in [-0.1, -0.05) is 12.1 Å². The van der Waals surface area contributed by atoms with Crippen molar-refractivity contribution in [1.82, 2.24) is 9.62 Å². The van der Waals surface area contributed by atoms with E-state index in [-0.39, 0.29) is 10.8 Å². The predicted octanol–water partition coefficient (Wildman–Crippen LogP) is 1.29. The fourth-order valence-corrected chi connectivity index (χ4v) is 3.46. The number of amides is 1. The smallest absolute Gasteiger partial charge is 0.240 e. The highest BCUT2D eigenvalue weighted by Crippen LogP contribution is 2.11. The highest BCUT2D eigenvalue weighted by atomic mass is 32.2. The normalized spacial score (nSPS) is 15.8. The first kappa shape index (κ1) is 15.0. The van der Waals surface area contributed by atoms with Gasteiger partial charge in [0.05, 0.1) is 4.90 Å². The molecule has 1 aromatic rings. The van der Waals surface area contributed by atoms with E-state index in [0.29, 0.717) is 25.9 Å². The maximum atomic E-state index is 12.1. The van der Waals surface area contributed by atoms with E-state index in [4.69, 9.17) is 0 Å². The summed E-state index contributed by atoms with van der Waals surface area (Å²) < 4.78 is 26.7. The topological polar surface area (TPSA) is 66.5 Å². The van der Waals surface area contributed by atoms with E-state index in [2.05, 4.69) is 4.72 Å². The third-order valence-corrected chi connectivity index (χ3v) is 4.83. The molecule has 5 nitrogen and oxygen atoms in total. The van der Waals surface area contributed by atoms with Crippen LogP contribution in [0.15, 0.2) is 29.2 Å². The minimum atomic E-state index is -3.45. The number of carbonyl (C=O) groups excluding carboxylic acids is 1. The molecule has 1 amide bonds. The van der Waals surface area contributed by atoms with Gasteiger partial charge in [-0.05, 0) is 37.5 Å². The third kappa shape index (κ3) is 3.80. The maximum Gasteiger partial charge on any atom is 0.240 e. The number of nitrogens with zero attached hydrogens (tertiary/aromatic N) is 1. The largest absolute Gasteiger partial charge is 0.343 e. The fourth-order valence-electron chi connectivity index (χ4n) is 2.28. The number of hydrogen-bond donors (Lipinski definition) is 1. The van der Waals surface area contributed by atoms with Crippen LogP contribution in [0.4, 0.5) is 0 Å². The standard InChI is InChI=1S/C14H20N2O3S/c1-12-5-2-6-13(11-12)20(18,19)15-8-4-10-16-9-3-7-14(16)17/h2,5-6,11,15H,3-4,7-10H2,1H3. The van der Waals surface area contributed by atoms with Crippen molar-refractivity contribution in [2.45, 2.75) is 31.1 Å². The van der Waals surface area contributed by atoms with Crippen LogP contribution in [0.1, 0.15) is 24.8 Å². The Hall–Kier alpha value is -1.40. The van der Waals surface area contributed by atoms with E-state index < -0.39 is 10.0 Å². The van der Waals surface area contributed by atoms with E-state index in [0.717, 1.165) is 18.5 Å². The molecule has 0 spiro atoms. The van der Waals surface area contributed by atoms with Crippen LogP contribution in [0, 0.1) is 6.92 Å². The Labute approximate surface area is 120 Å².